The second-order valence-electron chi connectivity index (χ2n) is 5.06. The summed E-state index contributed by atoms with van der Waals surface area (Å²) >= 11 is 0. The lowest BCUT2D eigenvalue weighted by molar-refractivity contribution is 0.0441. The van der Waals surface area contributed by atoms with Gasteiger partial charge < -0.3 is 14.8 Å². The van der Waals surface area contributed by atoms with Gasteiger partial charge in [0.2, 0.25) is 0 Å². The highest BCUT2D eigenvalue weighted by molar-refractivity contribution is 4.68. The van der Waals surface area contributed by atoms with E-state index in [9.17, 15) is 0 Å². The first-order chi connectivity index (χ1) is 7.95. The fourth-order valence-electron chi connectivity index (χ4n) is 2.64. The molecular formula is C13H25NO2. The van der Waals surface area contributed by atoms with E-state index < -0.39 is 0 Å². The molecule has 0 amide bonds. The van der Waals surface area contributed by atoms with Crippen molar-refractivity contribution in [3.8, 4) is 0 Å². The third-order valence-electron chi connectivity index (χ3n) is 3.68. The Hall–Kier alpha value is -0.120. The summed E-state index contributed by atoms with van der Waals surface area (Å²) in [4.78, 5) is 0. The third-order valence-corrected chi connectivity index (χ3v) is 3.68. The van der Waals surface area contributed by atoms with E-state index in [1.807, 2.05) is 0 Å². The van der Waals surface area contributed by atoms with Crippen LogP contribution >= 0.6 is 0 Å². The zero-order valence-corrected chi connectivity index (χ0v) is 10.2. The average Bonchev–Trinajstić information content (AvgIpc) is 2.83. The Labute approximate surface area is 98.9 Å². The van der Waals surface area contributed by atoms with Crippen LogP contribution in [-0.2, 0) is 9.47 Å². The first-order valence-corrected chi connectivity index (χ1v) is 6.85. The van der Waals surface area contributed by atoms with Gasteiger partial charge in [0.05, 0.1) is 19.3 Å². The van der Waals surface area contributed by atoms with Crippen molar-refractivity contribution in [1.29, 1.82) is 0 Å². The summed E-state index contributed by atoms with van der Waals surface area (Å²) in [6, 6.07) is 0. The highest BCUT2D eigenvalue weighted by atomic mass is 16.5. The van der Waals surface area contributed by atoms with Crippen molar-refractivity contribution in [2.75, 3.05) is 32.9 Å². The molecule has 2 aliphatic rings. The van der Waals surface area contributed by atoms with Crippen LogP contribution in [0.2, 0.25) is 0 Å². The maximum atomic E-state index is 5.70. The molecule has 2 fully saturated rings. The Bertz CT molecular complexity index is 175. The van der Waals surface area contributed by atoms with E-state index in [1.165, 1.54) is 38.6 Å². The lowest BCUT2D eigenvalue weighted by Crippen LogP contribution is -2.28. The summed E-state index contributed by atoms with van der Waals surface area (Å²) in [5.41, 5.74) is 0. The Morgan fingerprint density at radius 3 is 2.75 bits per heavy atom. The van der Waals surface area contributed by atoms with E-state index in [4.69, 9.17) is 9.47 Å². The molecule has 94 valence electrons. The molecular weight excluding hydrogens is 202 g/mol. The SMILES string of the molecule is C1CCC(CNCCOC2CCOC2)CC1. The van der Waals surface area contributed by atoms with Gasteiger partial charge in [0.15, 0.2) is 0 Å². The van der Waals surface area contributed by atoms with Gasteiger partial charge in [-0.05, 0) is 31.7 Å². The predicted octanol–water partition coefficient (Wildman–Crippen LogP) is 1.96. The second kappa shape index (κ2) is 7.25. The van der Waals surface area contributed by atoms with E-state index in [1.54, 1.807) is 0 Å². The van der Waals surface area contributed by atoms with Crippen molar-refractivity contribution < 1.29 is 9.47 Å². The van der Waals surface area contributed by atoms with E-state index >= 15 is 0 Å². The van der Waals surface area contributed by atoms with Crippen LogP contribution in [0.4, 0.5) is 0 Å². The highest BCUT2D eigenvalue weighted by Crippen LogP contribution is 2.22. The Morgan fingerprint density at radius 1 is 1.12 bits per heavy atom. The minimum Gasteiger partial charge on any atom is -0.379 e. The van der Waals surface area contributed by atoms with Crippen molar-refractivity contribution in [3.63, 3.8) is 0 Å². The van der Waals surface area contributed by atoms with Crippen LogP contribution in [0, 0.1) is 5.92 Å². The number of hydrogen-bond acceptors (Lipinski definition) is 3. The average molecular weight is 227 g/mol. The molecule has 0 aromatic heterocycles. The maximum Gasteiger partial charge on any atom is 0.0831 e. The molecule has 1 aliphatic carbocycles. The molecule has 3 heteroatoms. The molecule has 16 heavy (non-hydrogen) atoms. The van der Waals surface area contributed by atoms with Crippen LogP contribution < -0.4 is 5.32 Å². The van der Waals surface area contributed by atoms with Gasteiger partial charge in [-0.25, -0.2) is 0 Å². The molecule has 3 nitrogen and oxygen atoms in total. The smallest absolute Gasteiger partial charge is 0.0831 e. The minimum absolute atomic E-state index is 0.358. The fourth-order valence-corrected chi connectivity index (χ4v) is 2.64. The minimum atomic E-state index is 0.358. The molecule has 1 saturated heterocycles. The van der Waals surface area contributed by atoms with Crippen molar-refractivity contribution in [2.24, 2.45) is 5.92 Å². The largest absolute Gasteiger partial charge is 0.379 e. The number of nitrogens with one attached hydrogen (secondary N) is 1. The molecule has 1 saturated carbocycles. The van der Waals surface area contributed by atoms with Crippen molar-refractivity contribution in [2.45, 2.75) is 44.6 Å². The summed E-state index contributed by atoms with van der Waals surface area (Å²) in [6.45, 7) is 4.68. The summed E-state index contributed by atoms with van der Waals surface area (Å²) in [7, 11) is 0. The molecule has 1 unspecified atom stereocenters. The summed E-state index contributed by atoms with van der Waals surface area (Å²) < 4.78 is 11.0. The zero-order valence-electron chi connectivity index (χ0n) is 10.2. The topological polar surface area (TPSA) is 30.5 Å². The summed E-state index contributed by atoms with van der Waals surface area (Å²) in [5.74, 6) is 0.920. The number of ether oxygens (including phenoxy) is 2. The normalized spacial score (nSPS) is 27.4. The van der Waals surface area contributed by atoms with Gasteiger partial charge in [-0.2, -0.15) is 0 Å². The number of rotatable bonds is 6. The van der Waals surface area contributed by atoms with Crippen molar-refractivity contribution in [1.82, 2.24) is 5.32 Å². The molecule has 0 radical (unpaired) electrons. The van der Waals surface area contributed by atoms with E-state index in [-0.39, 0.29) is 0 Å². The standard InChI is InChI=1S/C13H25NO2/c1-2-4-12(5-3-1)10-14-7-9-16-13-6-8-15-11-13/h12-14H,1-11H2. The quantitative estimate of drug-likeness (QED) is 0.704. The highest BCUT2D eigenvalue weighted by Gasteiger charge is 2.15. The third kappa shape index (κ3) is 4.40. The van der Waals surface area contributed by atoms with Gasteiger partial charge in [-0.1, -0.05) is 19.3 Å². The molecule has 0 spiro atoms. The van der Waals surface area contributed by atoms with Crippen LogP contribution in [0.5, 0.6) is 0 Å². The molecule has 1 heterocycles. The summed E-state index contributed by atoms with van der Waals surface area (Å²) in [6.07, 6.45) is 8.58. The van der Waals surface area contributed by atoms with Crippen LogP contribution in [0.15, 0.2) is 0 Å². The Balaban J connectivity index is 1.42. The van der Waals surface area contributed by atoms with Gasteiger partial charge >= 0.3 is 0 Å². The molecule has 1 N–H and O–H groups in total. The molecule has 0 aromatic rings. The zero-order chi connectivity index (χ0) is 11.1. The first kappa shape index (κ1) is 12.3. The van der Waals surface area contributed by atoms with E-state index in [2.05, 4.69) is 5.32 Å². The molecule has 2 rings (SSSR count). The van der Waals surface area contributed by atoms with Crippen LogP contribution in [-0.4, -0.2) is 39.0 Å². The van der Waals surface area contributed by atoms with Gasteiger partial charge in [-0.3, -0.25) is 0 Å². The summed E-state index contributed by atoms with van der Waals surface area (Å²) in [5, 5.41) is 3.51. The Morgan fingerprint density at radius 2 is 2.00 bits per heavy atom. The van der Waals surface area contributed by atoms with E-state index in [0.29, 0.717) is 6.10 Å². The number of hydrogen-bond donors (Lipinski definition) is 1. The van der Waals surface area contributed by atoms with Crippen molar-refractivity contribution >= 4 is 0 Å². The molecule has 1 atom stereocenters. The van der Waals surface area contributed by atoms with E-state index in [0.717, 1.165) is 38.7 Å². The monoisotopic (exact) mass is 227 g/mol. The fraction of sp³-hybridized carbons (Fsp3) is 1.00. The lowest BCUT2D eigenvalue weighted by atomic mass is 9.89. The van der Waals surface area contributed by atoms with Crippen LogP contribution in [0.1, 0.15) is 38.5 Å². The van der Waals surface area contributed by atoms with Crippen molar-refractivity contribution in [3.05, 3.63) is 0 Å². The van der Waals surface area contributed by atoms with Gasteiger partial charge in [0.1, 0.15) is 0 Å². The van der Waals surface area contributed by atoms with Gasteiger partial charge in [0.25, 0.3) is 0 Å². The molecule has 1 aliphatic heterocycles. The van der Waals surface area contributed by atoms with Gasteiger partial charge in [-0.15, -0.1) is 0 Å². The molecule has 0 bridgehead atoms. The first-order valence-electron chi connectivity index (χ1n) is 6.85. The lowest BCUT2D eigenvalue weighted by Gasteiger charge is -2.21. The van der Waals surface area contributed by atoms with Crippen LogP contribution in [0.3, 0.4) is 0 Å². The van der Waals surface area contributed by atoms with Crippen LogP contribution in [0.25, 0.3) is 0 Å². The maximum absolute atomic E-state index is 5.70. The van der Waals surface area contributed by atoms with Gasteiger partial charge in [0, 0.05) is 13.2 Å². The predicted molar refractivity (Wildman–Crippen MR) is 64.6 cm³/mol. The Kier molecular flexibility index (Phi) is 5.59. The second-order valence-corrected chi connectivity index (χ2v) is 5.06. The molecule has 0 aromatic carbocycles.